The minimum absolute atomic E-state index is 0.0735. The minimum Gasteiger partial charge on any atom is -0.354 e. The zero-order chi connectivity index (χ0) is 15.8. The molecule has 0 aliphatic rings. The topological polar surface area (TPSA) is 96.0 Å². The molecule has 0 saturated carbocycles. The second kappa shape index (κ2) is 8.18. The number of amides is 3. The van der Waals surface area contributed by atoms with Gasteiger partial charge in [-0.2, -0.15) is 5.10 Å². The number of rotatable bonds is 6. The average Bonchev–Trinajstić information content (AvgIpc) is 2.42. The first-order chi connectivity index (χ1) is 9.92. The molecule has 1 aromatic heterocycles. The van der Waals surface area contributed by atoms with Gasteiger partial charge in [0.1, 0.15) is 0 Å². The van der Waals surface area contributed by atoms with E-state index < -0.39 is 6.03 Å². The van der Waals surface area contributed by atoms with Crippen molar-refractivity contribution in [2.24, 2.45) is 0 Å². The van der Waals surface area contributed by atoms with Crippen LogP contribution in [-0.2, 0) is 4.79 Å². The van der Waals surface area contributed by atoms with Crippen molar-refractivity contribution in [3.63, 3.8) is 0 Å². The predicted octanol–water partition coefficient (Wildman–Crippen LogP) is 1.52. The van der Waals surface area contributed by atoms with Crippen molar-refractivity contribution in [2.75, 3.05) is 11.9 Å². The first-order valence-electron chi connectivity index (χ1n) is 7.07. The second-order valence-corrected chi connectivity index (χ2v) is 5.01. The fourth-order valence-corrected chi connectivity index (χ4v) is 1.51. The Labute approximate surface area is 124 Å². The van der Waals surface area contributed by atoms with Gasteiger partial charge in [-0.1, -0.05) is 6.92 Å². The van der Waals surface area contributed by atoms with Crippen molar-refractivity contribution in [2.45, 2.75) is 46.6 Å². The van der Waals surface area contributed by atoms with Crippen LogP contribution in [0.3, 0.4) is 0 Å². The van der Waals surface area contributed by atoms with Gasteiger partial charge in [-0.05, 0) is 38.8 Å². The summed E-state index contributed by atoms with van der Waals surface area (Å²) in [6.07, 6.45) is 1.13. The Hall–Kier alpha value is -2.18. The molecule has 0 fully saturated rings. The van der Waals surface area contributed by atoms with Crippen LogP contribution in [0.4, 0.5) is 10.6 Å². The molecule has 1 rings (SSSR count). The Bertz CT molecular complexity index is 504. The summed E-state index contributed by atoms with van der Waals surface area (Å²) in [6, 6.07) is 1.50. The molecule has 0 spiro atoms. The lowest BCUT2D eigenvalue weighted by Crippen LogP contribution is -2.36. The third-order valence-electron chi connectivity index (χ3n) is 3.13. The van der Waals surface area contributed by atoms with Crippen molar-refractivity contribution in [1.29, 1.82) is 0 Å². The van der Waals surface area contributed by atoms with Gasteiger partial charge in [0.25, 0.3) is 0 Å². The van der Waals surface area contributed by atoms with Gasteiger partial charge in [-0.25, -0.2) is 4.79 Å². The molecule has 1 atom stereocenters. The Kier molecular flexibility index (Phi) is 6.58. The first kappa shape index (κ1) is 16.9. The zero-order valence-electron chi connectivity index (χ0n) is 13.0. The van der Waals surface area contributed by atoms with Crippen LogP contribution in [0.25, 0.3) is 0 Å². The van der Waals surface area contributed by atoms with E-state index in [1.54, 1.807) is 6.07 Å². The van der Waals surface area contributed by atoms with Crippen LogP contribution in [0.15, 0.2) is 6.07 Å². The summed E-state index contributed by atoms with van der Waals surface area (Å²) in [6.45, 7) is 7.96. The molecule has 116 valence electrons. The molecule has 7 nitrogen and oxygen atoms in total. The summed E-state index contributed by atoms with van der Waals surface area (Å²) in [7, 11) is 0. The number of nitrogens with zero attached hydrogens (tertiary/aromatic N) is 2. The van der Waals surface area contributed by atoms with Crippen LogP contribution in [-0.4, -0.2) is 34.7 Å². The maximum atomic E-state index is 11.6. The SMILES string of the molecule is CC[C@@H](C)NC(=O)CCNC(=O)Nc1cc(C)c(C)nn1. The van der Waals surface area contributed by atoms with E-state index in [1.165, 1.54) is 0 Å². The Morgan fingerprint density at radius 3 is 2.62 bits per heavy atom. The highest BCUT2D eigenvalue weighted by molar-refractivity contribution is 5.88. The fourth-order valence-electron chi connectivity index (χ4n) is 1.51. The normalized spacial score (nSPS) is 11.6. The van der Waals surface area contributed by atoms with E-state index in [4.69, 9.17) is 0 Å². The molecule has 0 radical (unpaired) electrons. The maximum Gasteiger partial charge on any atom is 0.320 e. The number of anilines is 1. The van der Waals surface area contributed by atoms with Crippen LogP contribution < -0.4 is 16.0 Å². The predicted molar refractivity (Wildman–Crippen MR) is 81.0 cm³/mol. The summed E-state index contributed by atoms with van der Waals surface area (Å²) < 4.78 is 0. The highest BCUT2D eigenvalue weighted by Crippen LogP contribution is 2.07. The Balaban J connectivity index is 2.31. The lowest BCUT2D eigenvalue weighted by atomic mass is 10.2. The molecule has 0 aromatic carbocycles. The number of nitrogens with one attached hydrogen (secondary N) is 3. The van der Waals surface area contributed by atoms with Gasteiger partial charge < -0.3 is 10.6 Å². The highest BCUT2D eigenvalue weighted by Gasteiger charge is 2.07. The van der Waals surface area contributed by atoms with E-state index >= 15 is 0 Å². The molecular weight excluding hydrogens is 270 g/mol. The molecule has 21 heavy (non-hydrogen) atoms. The van der Waals surface area contributed by atoms with Crippen LogP contribution in [0, 0.1) is 13.8 Å². The molecule has 0 unspecified atom stereocenters. The number of aromatic nitrogens is 2. The molecule has 1 heterocycles. The molecule has 7 heteroatoms. The first-order valence-corrected chi connectivity index (χ1v) is 7.07. The molecule has 0 aliphatic carbocycles. The van der Waals surface area contributed by atoms with Crippen LogP contribution in [0.1, 0.15) is 37.9 Å². The number of hydrogen-bond acceptors (Lipinski definition) is 4. The minimum atomic E-state index is -0.399. The fraction of sp³-hybridized carbons (Fsp3) is 0.571. The molecule has 3 amide bonds. The van der Waals surface area contributed by atoms with Gasteiger partial charge in [0.05, 0.1) is 5.69 Å². The molecular formula is C14H23N5O2. The highest BCUT2D eigenvalue weighted by atomic mass is 16.2. The van der Waals surface area contributed by atoms with Gasteiger partial charge in [0.15, 0.2) is 5.82 Å². The number of hydrogen-bond donors (Lipinski definition) is 3. The standard InChI is InChI=1S/C14H23N5O2/c1-5-10(3)16-13(20)6-7-15-14(21)17-12-8-9(2)11(4)18-19-12/h8,10H,5-7H2,1-4H3,(H,16,20)(H2,15,17,19,21)/t10-/m1/s1. The summed E-state index contributed by atoms with van der Waals surface area (Å²) in [5.41, 5.74) is 1.77. The third-order valence-corrected chi connectivity index (χ3v) is 3.13. The lowest BCUT2D eigenvalue weighted by molar-refractivity contribution is -0.121. The number of carbonyl (C=O) groups excluding carboxylic acids is 2. The quantitative estimate of drug-likeness (QED) is 0.741. The number of aryl methyl sites for hydroxylation is 2. The third kappa shape index (κ3) is 6.20. The molecule has 0 bridgehead atoms. The monoisotopic (exact) mass is 293 g/mol. The summed E-state index contributed by atoms with van der Waals surface area (Å²) in [4.78, 5) is 23.2. The van der Waals surface area contributed by atoms with Crippen LogP contribution >= 0.6 is 0 Å². The van der Waals surface area contributed by atoms with E-state index in [0.717, 1.165) is 17.7 Å². The van der Waals surface area contributed by atoms with Gasteiger partial charge in [0.2, 0.25) is 5.91 Å². The molecule has 0 saturated heterocycles. The van der Waals surface area contributed by atoms with Gasteiger partial charge >= 0.3 is 6.03 Å². The van der Waals surface area contributed by atoms with Gasteiger partial charge in [-0.3, -0.25) is 10.1 Å². The van der Waals surface area contributed by atoms with E-state index in [-0.39, 0.29) is 24.9 Å². The Morgan fingerprint density at radius 1 is 1.29 bits per heavy atom. The second-order valence-electron chi connectivity index (χ2n) is 5.01. The van der Waals surface area contributed by atoms with E-state index in [2.05, 4.69) is 26.1 Å². The van der Waals surface area contributed by atoms with Crippen molar-refractivity contribution in [3.05, 3.63) is 17.3 Å². The van der Waals surface area contributed by atoms with E-state index in [1.807, 2.05) is 27.7 Å². The lowest BCUT2D eigenvalue weighted by Gasteiger charge is -2.11. The van der Waals surface area contributed by atoms with E-state index in [0.29, 0.717) is 5.82 Å². The molecule has 1 aromatic rings. The number of carbonyl (C=O) groups is 2. The smallest absolute Gasteiger partial charge is 0.320 e. The largest absolute Gasteiger partial charge is 0.354 e. The van der Waals surface area contributed by atoms with Crippen LogP contribution in [0.5, 0.6) is 0 Å². The average molecular weight is 293 g/mol. The van der Waals surface area contributed by atoms with Crippen molar-refractivity contribution >= 4 is 17.8 Å². The summed E-state index contributed by atoms with van der Waals surface area (Å²) in [5.74, 6) is 0.315. The summed E-state index contributed by atoms with van der Waals surface area (Å²) in [5, 5.41) is 15.8. The van der Waals surface area contributed by atoms with Crippen molar-refractivity contribution in [1.82, 2.24) is 20.8 Å². The summed E-state index contributed by atoms with van der Waals surface area (Å²) >= 11 is 0. The van der Waals surface area contributed by atoms with Crippen molar-refractivity contribution in [3.8, 4) is 0 Å². The number of urea groups is 1. The maximum absolute atomic E-state index is 11.6. The van der Waals surface area contributed by atoms with Gasteiger partial charge in [-0.15, -0.1) is 5.10 Å². The van der Waals surface area contributed by atoms with Gasteiger partial charge in [0, 0.05) is 19.0 Å². The molecule has 0 aliphatic heterocycles. The van der Waals surface area contributed by atoms with E-state index in [9.17, 15) is 9.59 Å². The zero-order valence-corrected chi connectivity index (χ0v) is 13.0. The van der Waals surface area contributed by atoms with Crippen LogP contribution in [0.2, 0.25) is 0 Å². The van der Waals surface area contributed by atoms with Crippen molar-refractivity contribution < 1.29 is 9.59 Å². The Morgan fingerprint density at radius 2 is 2.00 bits per heavy atom. The molecule has 3 N–H and O–H groups in total.